The van der Waals surface area contributed by atoms with Gasteiger partial charge >= 0.3 is 0 Å². The topological polar surface area (TPSA) is 62.4 Å². The van der Waals surface area contributed by atoms with Crippen LogP contribution >= 0.6 is 0 Å². The van der Waals surface area contributed by atoms with Crippen LogP contribution in [0, 0.1) is 0 Å². The normalized spacial score (nSPS) is 27.1. The van der Waals surface area contributed by atoms with Crippen LogP contribution in [0.2, 0.25) is 0 Å². The lowest BCUT2D eigenvalue weighted by atomic mass is 10.1. The summed E-state index contributed by atoms with van der Waals surface area (Å²) in [7, 11) is 0. The Morgan fingerprint density at radius 1 is 1.56 bits per heavy atom. The van der Waals surface area contributed by atoms with Crippen LogP contribution in [0.5, 0.6) is 0 Å². The van der Waals surface area contributed by atoms with Crippen molar-refractivity contribution in [3.05, 3.63) is 24.0 Å². The monoisotopic (exact) mass is 221 g/mol. The fourth-order valence-electron chi connectivity index (χ4n) is 2.02. The van der Waals surface area contributed by atoms with Gasteiger partial charge in [-0.1, -0.05) is 0 Å². The number of aliphatic hydroxyl groups is 1. The van der Waals surface area contributed by atoms with Crippen molar-refractivity contribution < 1.29 is 5.11 Å². The van der Waals surface area contributed by atoms with Crippen molar-refractivity contribution in [2.24, 2.45) is 5.73 Å². The van der Waals surface area contributed by atoms with E-state index >= 15 is 0 Å². The Hall–Kier alpha value is -1.13. The van der Waals surface area contributed by atoms with Gasteiger partial charge in [-0.05, 0) is 32.4 Å². The predicted molar refractivity (Wildman–Crippen MR) is 64.3 cm³/mol. The molecule has 3 N–H and O–H groups in total. The van der Waals surface area contributed by atoms with Gasteiger partial charge < -0.3 is 15.7 Å². The van der Waals surface area contributed by atoms with Crippen molar-refractivity contribution in [3.8, 4) is 0 Å². The van der Waals surface area contributed by atoms with E-state index in [2.05, 4.69) is 9.88 Å². The molecule has 4 heteroatoms. The van der Waals surface area contributed by atoms with Gasteiger partial charge in [0.2, 0.25) is 0 Å². The molecule has 2 rings (SSSR count). The van der Waals surface area contributed by atoms with Crippen LogP contribution in [0.3, 0.4) is 0 Å². The van der Waals surface area contributed by atoms with Crippen molar-refractivity contribution in [1.29, 1.82) is 0 Å². The Morgan fingerprint density at radius 3 is 2.75 bits per heavy atom. The number of hydrogen-bond acceptors (Lipinski definition) is 4. The maximum atomic E-state index is 9.89. The average Bonchev–Trinajstić information content (AvgIpc) is 2.59. The van der Waals surface area contributed by atoms with Gasteiger partial charge in [-0.15, -0.1) is 0 Å². The molecule has 0 amide bonds. The fraction of sp³-hybridized carbons (Fsp3) is 0.583. The molecule has 1 unspecified atom stereocenters. The maximum absolute atomic E-state index is 9.89. The molecule has 0 saturated carbocycles. The van der Waals surface area contributed by atoms with Gasteiger partial charge in [0.25, 0.3) is 0 Å². The first-order valence-electron chi connectivity index (χ1n) is 5.67. The average molecular weight is 221 g/mol. The summed E-state index contributed by atoms with van der Waals surface area (Å²) < 4.78 is 0. The molecule has 0 aliphatic carbocycles. The van der Waals surface area contributed by atoms with Crippen molar-refractivity contribution in [2.45, 2.75) is 31.9 Å². The van der Waals surface area contributed by atoms with Crippen molar-refractivity contribution in [2.75, 3.05) is 18.0 Å². The van der Waals surface area contributed by atoms with E-state index in [0.717, 1.165) is 24.3 Å². The van der Waals surface area contributed by atoms with E-state index in [0.29, 0.717) is 6.54 Å². The van der Waals surface area contributed by atoms with E-state index in [-0.39, 0.29) is 6.04 Å². The number of rotatable bonds is 2. The van der Waals surface area contributed by atoms with E-state index in [1.807, 2.05) is 32.2 Å². The largest absolute Gasteiger partial charge is 0.388 e. The zero-order valence-corrected chi connectivity index (χ0v) is 9.85. The summed E-state index contributed by atoms with van der Waals surface area (Å²) in [6, 6.07) is 3.94. The van der Waals surface area contributed by atoms with E-state index in [4.69, 9.17) is 5.73 Å². The number of nitrogens with zero attached hydrogens (tertiary/aromatic N) is 2. The number of hydrogen-bond donors (Lipinski definition) is 2. The molecule has 2 atom stereocenters. The summed E-state index contributed by atoms with van der Waals surface area (Å²) in [6.45, 7) is 5.35. The zero-order chi connectivity index (χ0) is 11.8. The first kappa shape index (κ1) is 11.4. The summed E-state index contributed by atoms with van der Waals surface area (Å²) in [5, 5.41) is 9.89. The summed E-state index contributed by atoms with van der Waals surface area (Å²) >= 11 is 0. The van der Waals surface area contributed by atoms with Crippen LogP contribution in [-0.2, 0) is 0 Å². The number of β-amino-alcohol motifs (C(OH)–C–C–N with tert-alkyl or cyclic N) is 1. The maximum Gasteiger partial charge on any atom is 0.0810 e. The molecule has 1 fully saturated rings. The lowest BCUT2D eigenvalue weighted by Gasteiger charge is -2.20. The van der Waals surface area contributed by atoms with Crippen molar-refractivity contribution >= 4 is 5.69 Å². The van der Waals surface area contributed by atoms with Crippen LogP contribution in [-0.4, -0.2) is 28.8 Å². The summed E-state index contributed by atoms with van der Waals surface area (Å²) in [6.07, 6.45) is 2.64. The van der Waals surface area contributed by atoms with Crippen LogP contribution < -0.4 is 10.6 Å². The molecule has 0 aromatic carbocycles. The molecule has 1 aromatic heterocycles. The van der Waals surface area contributed by atoms with Gasteiger partial charge in [0.1, 0.15) is 0 Å². The quantitative estimate of drug-likeness (QED) is 0.784. The Bertz CT molecular complexity index is 359. The molecular weight excluding hydrogens is 202 g/mol. The van der Waals surface area contributed by atoms with Gasteiger partial charge in [0.15, 0.2) is 0 Å². The number of anilines is 1. The van der Waals surface area contributed by atoms with Gasteiger partial charge in [0, 0.05) is 19.1 Å². The first-order valence-corrected chi connectivity index (χ1v) is 5.67. The Labute approximate surface area is 96.1 Å². The number of pyridine rings is 1. The van der Waals surface area contributed by atoms with E-state index in [1.165, 1.54) is 0 Å². The molecule has 1 aromatic rings. The highest BCUT2D eigenvalue weighted by atomic mass is 16.3. The zero-order valence-electron chi connectivity index (χ0n) is 9.85. The molecule has 88 valence electrons. The summed E-state index contributed by atoms with van der Waals surface area (Å²) in [5.41, 5.74) is 7.13. The standard InChI is InChI=1S/C12H19N3O/c1-9(13)11-4-3-10(7-14-11)15-6-5-12(2,16)8-15/h3-4,7,9,16H,5-6,8,13H2,1-2H3/t9-,12?/m1/s1. The molecule has 0 spiro atoms. The summed E-state index contributed by atoms with van der Waals surface area (Å²) in [4.78, 5) is 6.47. The number of nitrogens with two attached hydrogens (primary N) is 1. The van der Waals surface area contributed by atoms with Gasteiger partial charge in [0.05, 0.1) is 23.2 Å². The van der Waals surface area contributed by atoms with Crippen LogP contribution in [0.25, 0.3) is 0 Å². The lowest BCUT2D eigenvalue weighted by Crippen LogP contribution is -2.29. The third kappa shape index (κ3) is 2.33. The van der Waals surface area contributed by atoms with Crippen LogP contribution in [0.4, 0.5) is 5.69 Å². The molecule has 4 nitrogen and oxygen atoms in total. The van der Waals surface area contributed by atoms with Gasteiger partial charge in [-0.25, -0.2) is 0 Å². The second kappa shape index (κ2) is 4.03. The molecule has 16 heavy (non-hydrogen) atoms. The first-order chi connectivity index (χ1) is 7.48. The Balaban J connectivity index is 2.11. The number of aromatic nitrogens is 1. The van der Waals surface area contributed by atoms with Crippen LogP contribution in [0.1, 0.15) is 32.0 Å². The minimum Gasteiger partial charge on any atom is -0.388 e. The summed E-state index contributed by atoms with van der Waals surface area (Å²) in [5.74, 6) is 0. The lowest BCUT2D eigenvalue weighted by molar-refractivity contribution is 0.0839. The van der Waals surface area contributed by atoms with Gasteiger partial charge in [-0.3, -0.25) is 4.98 Å². The van der Waals surface area contributed by atoms with Crippen molar-refractivity contribution in [3.63, 3.8) is 0 Å². The van der Waals surface area contributed by atoms with Gasteiger partial charge in [-0.2, -0.15) is 0 Å². The second-order valence-electron chi connectivity index (χ2n) is 4.90. The smallest absolute Gasteiger partial charge is 0.0810 e. The second-order valence-corrected chi connectivity index (χ2v) is 4.90. The highest BCUT2D eigenvalue weighted by Crippen LogP contribution is 2.26. The van der Waals surface area contributed by atoms with Crippen molar-refractivity contribution in [1.82, 2.24) is 4.98 Å². The fourth-order valence-corrected chi connectivity index (χ4v) is 2.02. The predicted octanol–water partition coefficient (Wildman–Crippen LogP) is 1.06. The third-order valence-electron chi connectivity index (χ3n) is 3.05. The Kier molecular flexibility index (Phi) is 2.86. The highest BCUT2D eigenvalue weighted by Gasteiger charge is 2.31. The van der Waals surface area contributed by atoms with E-state index < -0.39 is 5.60 Å². The molecule has 1 aliphatic rings. The third-order valence-corrected chi connectivity index (χ3v) is 3.05. The highest BCUT2D eigenvalue weighted by molar-refractivity contribution is 5.46. The molecule has 0 radical (unpaired) electrons. The molecule has 0 bridgehead atoms. The molecule has 1 saturated heterocycles. The Morgan fingerprint density at radius 2 is 2.31 bits per heavy atom. The van der Waals surface area contributed by atoms with E-state index in [9.17, 15) is 5.11 Å². The minimum atomic E-state index is -0.570. The molecule has 1 aliphatic heterocycles. The van der Waals surface area contributed by atoms with E-state index in [1.54, 1.807) is 0 Å². The minimum absolute atomic E-state index is 0.0317. The molecular formula is C12H19N3O. The SMILES string of the molecule is C[C@@H](N)c1ccc(N2CCC(C)(O)C2)cn1. The van der Waals surface area contributed by atoms with Crippen LogP contribution in [0.15, 0.2) is 18.3 Å². The molecule has 2 heterocycles.